The number of benzene rings is 3. The van der Waals surface area contributed by atoms with Crippen LogP contribution in [0.15, 0.2) is 72.8 Å². The maximum atomic E-state index is 13.0. The van der Waals surface area contributed by atoms with Gasteiger partial charge in [0.1, 0.15) is 0 Å². The summed E-state index contributed by atoms with van der Waals surface area (Å²) in [5.41, 5.74) is 4.86. The molecule has 0 unspecified atom stereocenters. The van der Waals surface area contributed by atoms with Crippen LogP contribution < -0.4 is 10.2 Å². The molecule has 6 nitrogen and oxygen atoms in total. The SMILES string of the molecule is CCOC(=O)c1ccc(N2CCN(Cc3ccccc3)CC2)c(NC(=O)c2cccc(C)c2)c1. The second-order valence-corrected chi connectivity index (χ2v) is 8.52. The van der Waals surface area contributed by atoms with Crippen molar-refractivity contribution in [2.24, 2.45) is 0 Å². The lowest BCUT2D eigenvalue weighted by atomic mass is 10.1. The third-order valence-electron chi connectivity index (χ3n) is 6.00. The number of carbonyl (C=O) groups excluding carboxylic acids is 2. The van der Waals surface area contributed by atoms with Crippen LogP contribution in [0.1, 0.15) is 38.8 Å². The van der Waals surface area contributed by atoms with Crippen molar-refractivity contribution in [1.29, 1.82) is 0 Å². The number of anilines is 2. The smallest absolute Gasteiger partial charge is 0.338 e. The average Bonchev–Trinajstić information content (AvgIpc) is 2.85. The normalized spacial score (nSPS) is 14.0. The van der Waals surface area contributed by atoms with E-state index in [1.807, 2.05) is 37.3 Å². The van der Waals surface area contributed by atoms with Gasteiger partial charge < -0.3 is 15.0 Å². The van der Waals surface area contributed by atoms with Gasteiger partial charge in [-0.3, -0.25) is 9.69 Å². The molecule has 34 heavy (non-hydrogen) atoms. The molecule has 176 valence electrons. The zero-order valence-electron chi connectivity index (χ0n) is 19.8. The first-order chi connectivity index (χ1) is 16.5. The second kappa shape index (κ2) is 11.0. The van der Waals surface area contributed by atoms with Gasteiger partial charge in [-0.25, -0.2) is 4.79 Å². The number of ether oxygens (including phenoxy) is 1. The Bertz CT molecular complexity index is 1140. The highest BCUT2D eigenvalue weighted by Gasteiger charge is 2.22. The van der Waals surface area contributed by atoms with E-state index in [-0.39, 0.29) is 5.91 Å². The van der Waals surface area contributed by atoms with Gasteiger partial charge in [0.05, 0.1) is 23.5 Å². The number of hydrogen-bond acceptors (Lipinski definition) is 5. The van der Waals surface area contributed by atoms with Gasteiger partial charge in [0.2, 0.25) is 0 Å². The van der Waals surface area contributed by atoms with Gasteiger partial charge in [0, 0.05) is 38.3 Å². The zero-order valence-corrected chi connectivity index (χ0v) is 19.8. The summed E-state index contributed by atoms with van der Waals surface area (Å²) in [5, 5.41) is 3.04. The largest absolute Gasteiger partial charge is 0.462 e. The number of carbonyl (C=O) groups is 2. The molecule has 6 heteroatoms. The van der Waals surface area contributed by atoms with Crippen LogP contribution in [-0.2, 0) is 11.3 Å². The monoisotopic (exact) mass is 457 g/mol. The first-order valence-electron chi connectivity index (χ1n) is 11.7. The van der Waals surface area contributed by atoms with Gasteiger partial charge in [-0.15, -0.1) is 0 Å². The molecule has 0 bridgehead atoms. The van der Waals surface area contributed by atoms with Crippen molar-refractivity contribution in [3.8, 4) is 0 Å². The van der Waals surface area contributed by atoms with E-state index in [1.54, 1.807) is 25.1 Å². The molecule has 1 N–H and O–H groups in total. The third-order valence-corrected chi connectivity index (χ3v) is 6.00. The van der Waals surface area contributed by atoms with E-state index in [2.05, 4.69) is 39.4 Å². The fourth-order valence-electron chi connectivity index (χ4n) is 4.22. The number of piperazine rings is 1. The van der Waals surface area contributed by atoms with Crippen LogP contribution in [0.4, 0.5) is 11.4 Å². The summed E-state index contributed by atoms with van der Waals surface area (Å²) in [7, 11) is 0. The molecule has 1 aliphatic rings. The van der Waals surface area contributed by atoms with Crippen molar-refractivity contribution in [2.45, 2.75) is 20.4 Å². The van der Waals surface area contributed by atoms with E-state index < -0.39 is 5.97 Å². The summed E-state index contributed by atoms with van der Waals surface area (Å²) in [6, 6.07) is 23.3. The molecule has 3 aromatic carbocycles. The maximum absolute atomic E-state index is 13.0. The fourth-order valence-corrected chi connectivity index (χ4v) is 4.22. The van der Waals surface area contributed by atoms with Crippen LogP contribution >= 0.6 is 0 Å². The number of esters is 1. The van der Waals surface area contributed by atoms with E-state index in [4.69, 9.17) is 4.74 Å². The molecular weight excluding hydrogens is 426 g/mol. The molecule has 1 fully saturated rings. The van der Waals surface area contributed by atoms with E-state index >= 15 is 0 Å². The number of amides is 1. The summed E-state index contributed by atoms with van der Waals surface area (Å²) < 4.78 is 5.17. The third kappa shape index (κ3) is 5.83. The van der Waals surface area contributed by atoms with Crippen LogP contribution in [0.5, 0.6) is 0 Å². The summed E-state index contributed by atoms with van der Waals surface area (Å²) in [4.78, 5) is 30.1. The van der Waals surface area contributed by atoms with Crippen LogP contribution in [0.3, 0.4) is 0 Å². The predicted molar refractivity (Wildman–Crippen MR) is 135 cm³/mol. The minimum absolute atomic E-state index is 0.200. The molecule has 4 rings (SSSR count). The highest BCUT2D eigenvalue weighted by atomic mass is 16.5. The number of aryl methyl sites for hydroxylation is 1. The molecule has 0 atom stereocenters. The molecule has 1 aliphatic heterocycles. The molecule has 0 spiro atoms. The molecule has 1 heterocycles. The van der Waals surface area contributed by atoms with Crippen molar-refractivity contribution < 1.29 is 14.3 Å². The Morgan fingerprint density at radius 1 is 0.882 bits per heavy atom. The average molecular weight is 458 g/mol. The molecular formula is C28H31N3O3. The second-order valence-electron chi connectivity index (χ2n) is 8.52. The van der Waals surface area contributed by atoms with Crippen LogP contribution in [0.2, 0.25) is 0 Å². The van der Waals surface area contributed by atoms with Gasteiger partial charge in [-0.05, 0) is 49.7 Å². The van der Waals surface area contributed by atoms with Gasteiger partial charge in [-0.2, -0.15) is 0 Å². The Morgan fingerprint density at radius 3 is 2.35 bits per heavy atom. The number of nitrogens with one attached hydrogen (secondary N) is 1. The topological polar surface area (TPSA) is 61.9 Å². The van der Waals surface area contributed by atoms with E-state index in [1.165, 1.54) is 5.56 Å². The Labute approximate surface area is 201 Å². The van der Waals surface area contributed by atoms with Crippen molar-refractivity contribution in [2.75, 3.05) is 43.0 Å². The molecule has 0 aliphatic carbocycles. The Balaban J connectivity index is 1.52. The Hall–Kier alpha value is -3.64. The molecule has 1 amide bonds. The van der Waals surface area contributed by atoms with Crippen LogP contribution in [0, 0.1) is 6.92 Å². The molecule has 1 saturated heterocycles. The lowest BCUT2D eigenvalue weighted by Crippen LogP contribution is -2.46. The van der Waals surface area contributed by atoms with Crippen LogP contribution in [0.25, 0.3) is 0 Å². The zero-order chi connectivity index (χ0) is 23.9. The minimum Gasteiger partial charge on any atom is -0.462 e. The van der Waals surface area contributed by atoms with E-state index in [0.717, 1.165) is 44.0 Å². The van der Waals surface area contributed by atoms with Gasteiger partial charge in [0.25, 0.3) is 5.91 Å². The lowest BCUT2D eigenvalue weighted by Gasteiger charge is -2.37. The summed E-state index contributed by atoms with van der Waals surface area (Å²) in [6.45, 7) is 8.46. The highest BCUT2D eigenvalue weighted by Crippen LogP contribution is 2.29. The summed E-state index contributed by atoms with van der Waals surface area (Å²) in [6.07, 6.45) is 0. The fraction of sp³-hybridized carbons (Fsp3) is 0.286. The van der Waals surface area contributed by atoms with E-state index in [0.29, 0.717) is 23.4 Å². The van der Waals surface area contributed by atoms with Crippen molar-refractivity contribution in [1.82, 2.24) is 4.90 Å². The van der Waals surface area contributed by atoms with Gasteiger partial charge >= 0.3 is 5.97 Å². The molecule has 0 saturated carbocycles. The van der Waals surface area contributed by atoms with Gasteiger partial charge in [-0.1, -0.05) is 48.0 Å². The van der Waals surface area contributed by atoms with Crippen molar-refractivity contribution in [3.63, 3.8) is 0 Å². The number of nitrogens with zero attached hydrogens (tertiary/aromatic N) is 2. The molecule has 0 radical (unpaired) electrons. The Morgan fingerprint density at radius 2 is 1.65 bits per heavy atom. The van der Waals surface area contributed by atoms with Crippen LogP contribution in [-0.4, -0.2) is 49.6 Å². The number of hydrogen-bond donors (Lipinski definition) is 1. The molecule has 3 aromatic rings. The lowest BCUT2D eigenvalue weighted by molar-refractivity contribution is 0.0526. The summed E-state index contributed by atoms with van der Waals surface area (Å²) >= 11 is 0. The Kier molecular flexibility index (Phi) is 7.60. The van der Waals surface area contributed by atoms with Crippen molar-refractivity contribution >= 4 is 23.3 Å². The highest BCUT2D eigenvalue weighted by molar-refractivity contribution is 6.07. The van der Waals surface area contributed by atoms with Crippen molar-refractivity contribution in [3.05, 3.63) is 95.1 Å². The quantitative estimate of drug-likeness (QED) is 0.519. The number of rotatable bonds is 7. The van der Waals surface area contributed by atoms with Gasteiger partial charge in [0.15, 0.2) is 0 Å². The molecule has 0 aromatic heterocycles. The first-order valence-corrected chi connectivity index (χ1v) is 11.7. The standard InChI is InChI=1S/C28H31N3O3/c1-3-34-28(33)24-12-13-26(25(19-24)29-27(32)23-11-7-8-21(2)18-23)31-16-14-30(15-17-31)20-22-9-5-4-6-10-22/h4-13,18-19H,3,14-17,20H2,1-2H3,(H,29,32). The first kappa shape index (κ1) is 23.5. The maximum Gasteiger partial charge on any atom is 0.338 e. The minimum atomic E-state index is -0.396. The predicted octanol–water partition coefficient (Wildman–Crippen LogP) is 4.75. The van der Waals surface area contributed by atoms with E-state index in [9.17, 15) is 9.59 Å². The summed E-state index contributed by atoms with van der Waals surface area (Å²) in [5.74, 6) is -0.596.